The van der Waals surface area contributed by atoms with E-state index in [1.54, 1.807) is 6.92 Å². The first kappa shape index (κ1) is 12.3. The van der Waals surface area contributed by atoms with Crippen LogP contribution < -0.4 is 0 Å². The van der Waals surface area contributed by atoms with Crippen molar-refractivity contribution in [3.05, 3.63) is 28.8 Å². The summed E-state index contributed by atoms with van der Waals surface area (Å²) >= 11 is 4.04. The van der Waals surface area contributed by atoms with Gasteiger partial charge in [0.05, 0.1) is 17.7 Å². The van der Waals surface area contributed by atoms with Crippen molar-refractivity contribution < 1.29 is 14.3 Å². The second-order valence-electron chi connectivity index (χ2n) is 2.91. The van der Waals surface area contributed by atoms with Crippen molar-refractivity contribution in [1.82, 2.24) is 0 Å². The minimum Gasteiger partial charge on any atom is -0.462 e. The molecule has 0 N–H and O–H groups in total. The Kier molecular flexibility index (Phi) is 4.09. The minimum atomic E-state index is -0.672. The maximum atomic E-state index is 11.6. The molecule has 0 aromatic heterocycles. The molecule has 0 saturated carbocycles. The Morgan fingerprint density at radius 1 is 1.62 bits per heavy atom. The molecular weight excluding hydrogens is 226 g/mol. The van der Waals surface area contributed by atoms with Crippen molar-refractivity contribution >= 4 is 24.9 Å². The summed E-state index contributed by atoms with van der Waals surface area (Å²) < 4.78 is 4.78. The van der Waals surface area contributed by atoms with Crippen LogP contribution in [0.3, 0.4) is 0 Å². The molecule has 0 amide bonds. The third-order valence-corrected chi connectivity index (χ3v) is 2.14. The van der Waals surface area contributed by atoms with Crippen molar-refractivity contribution in [2.75, 3.05) is 6.61 Å². The largest absolute Gasteiger partial charge is 0.462 e. The standard InChI is InChI=1S/C11H9NO3S/c1-2-15-11(14)10-7(5-12)3-9(16)4-8(10)6-13/h3-4,6,16H,2H2,1H3. The number of nitrogens with zero attached hydrogens (tertiary/aromatic N) is 1. The molecule has 0 unspecified atom stereocenters. The van der Waals surface area contributed by atoms with Gasteiger partial charge < -0.3 is 4.74 Å². The number of aldehydes is 1. The molecule has 0 atom stereocenters. The zero-order valence-electron chi connectivity index (χ0n) is 8.56. The van der Waals surface area contributed by atoms with E-state index in [-0.39, 0.29) is 23.3 Å². The predicted molar refractivity (Wildman–Crippen MR) is 59.8 cm³/mol. The van der Waals surface area contributed by atoms with Gasteiger partial charge in [-0.25, -0.2) is 4.79 Å². The first-order chi connectivity index (χ1) is 7.63. The van der Waals surface area contributed by atoms with Crippen LogP contribution in [0.4, 0.5) is 0 Å². The number of ether oxygens (including phenoxy) is 1. The number of rotatable bonds is 3. The van der Waals surface area contributed by atoms with Gasteiger partial charge in [0.15, 0.2) is 6.29 Å². The average molecular weight is 235 g/mol. The molecule has 4 nitrogen and oxygen atoms in total. The van der Waals surface area contributed by atoms with Crippen molar-refractivity contribution in [3.63, 3.8) is 0 Å². The van der Waals surface area contributed by atoms with Crippen molar-refractivity contribution in [3.8, 4) is 6.07 Å². The molecule has 0 fully saturated rings. The van der Waals surface area contributed by atoms with Crippen LogP contribution in [-0.2, 0) is 4.74 Å². The van der Waals surface area contributed by atoms with Gasteiger partial charge in [-0.3, -0.25) is 4.79 Å². The molecule has 0 aliphatic carbocycles. The molecule has 82 valence electrons. The molecule has 0 aliphatic rings. The van der Waals surface area contributed by atoms with E-state index >= 15 is 0 Å². The van der Waals surface area contributed by atoms with E-state index in [1.165, 1.54) is 12.1 Å². The molecule has 0 saturated heterocycles. The van der Waals surface area contributed by atoms with Crippen LogP contribution in [0.1, 0.15) is 33.2 Å². The van der Waals surface area contributed by atoms with Gasteiger partial charge in [0.2, 0.25) is 0 Å². The smallest absolute Gasteiger partial charge is 0.340 e. The zero-order chi connectivity index (χ0) is 12.1. The summed E-state index contributed by atoms with van der Waals surface area (Å²) in [4.78, 5) is 22.8. The number of carbonyl (C=O) groups is 2. The lowest BCUT2D eigenvalue weighted by atomic mass is 10.0. The van der Waals surface area contributed by atoms with Gasteiger partial charge >= 0.3 is 5.97 Å². The molecule has 16 heavy (non-hydrogen) atoms. The SMILES string of the molecule is CCOC(=O)c1c(C#N)cc(S)cc1C=O. The first-order valence-corrected chi connectivity index (χ1v) is 4.98. The van der Waals surface area contributed by atoms with Crippen LogP contribution in [0.25, 0.3) is 0 Å². The number of hydrogen-bond acceptors (Lipinski definition) is 5. The van der Waals surface area contributed by atoms with E-state index < -0.39 is 5.97 Å². The normalized spacial score (nSPS) is 9.31. The quantitative estimate of drug-likeness (QED) is 0.493. The molecule has 0 bridgehead atoms. The lowest BCUT2D eigenvalue weighted by Crippen LogP contribution is -2.10. The topological polar surface area (TPSA) is 67.2 Å². The molecule has 5 heteroatoms. The Balaban J connectivity index is 3.40. The summed E-state index contributed by atoms with van der Waals surface area (Å²) in [5, 5.41) is 8.87. The highest BCUT2D eigenvalue weighted by Gasteiger charge is 2.18. The van der Waals surface area contributed by atoms with Gasteiger partial charge in [0.25, 0.3) is 0 Å². The van der Waals surface area contributed by atoms with Crippen LogP contribution in [0, 0.1) is 11.3 Å². The number of hydrogen-bond donors (Lipinski definition) is 1. The number of carbonyl (C=O) groups excluding carboxylic acids is 2. The molecular formula is C11H9NO3S. The van der Waals surface area contributed by atoms with Crippen LogP contribution in [-0.4, -0.2) is 18.9 Å². The van der Waals surface area contributed by atoms with E-state index in [4.69, 9.17) is 10.00 Å². The maximum Gasteiger partial charge on any atom is 0.340 e. The number of esters is 1. The summed E-state index contributed by atoms with van der Waals surface area (Å²) in [5.74, 6) is -0.672. The van der Waals surface area contributed by atoms with Crippen molar-refractivity contribution in [2.24, 2.45) is 0 Å². The van der Waals surface area contributed by atoms with Crippen LogP contribution >= 0.6 is 12.6 Å². The summed E-state index contributed by atoms with van der Waals surface area (Å²) in [6, 6.07) is 4.68. The molecule has 0 heterocycles. The average Bonchev–Trinajstić information content (AvgIpc) is 2.27. The zero-order valence-corrected chi connectivity index (χ0v) is 9.45. The minimum absolute atomic E-state index is 0.00264. The van der Waals surface area contributed by atoms with Gasteiger partial charge in [-0.15, -0.1) is 12.6 Å². The number of thiol groups is 1. The first-order valence-electron chi connectivity index (χ1n) is 4.53. The van der Waals surface area contributed by atoms with Crippen LogP contribution in [0.2, 0.25) is 0 Å². The third kappa shape index (κ3) is 2.41. The third-order valence-electron chi connectivity index (χ3n) is 1.88. The molecule has 1 aromatic carbocycles. The fraction of sp³-hybridized carbons (Fsp3) is 0.182. The fourth-order valence-corrected chi connectivity index (χ4v) is 1.53. The van der Waals surface area contributed by atoms with E-state index in [0.29, 0.717) is 11.2 Å². The van der Waals surface area contributed by atoms with E-state index in [2.05, 4.69) is 12.6 Å². The van der Waals surface area contributed by atoms with Gasteiger partial charge in [0, 0.05) is 10.5 Å². The maximum absolute atomic E-state index is 11.6. The lowest BCUT2D eigenvalue weighted by molar-refractivity contribution is 0.0523. The van der Waals surface area contributed by atoms with Gasteiger partial charge in [-0.05, 0) is 19.1 Å². The van der Waals surface area contributed by atoms with E-state index in [1.807, 2.05) is 6.07 Å². The summed E-state index contributed by atoms with van der Waals surface area (Å²) in [7, 11) is 0. The molecule has 1 rings (SSSR count). The molecule has 0 radical (unpaired) electrons. The second kappa shape index (κ2) is 5.33. The van der Waals surface area contributed by atoms with Crippen LogP contribution in [0.15, 0.2) is 17.0 Å². The Labute approximate surface area is 98.2 Å². The second-order valence-corrected chi connectivity index (χ2v) is 3.42. The van der Waals surface area contributed by atoms with Crippen LogP contribution in [0.5, 0.6) is 0 Å². The van der Waals surface area contributed by atoms with Crippen molar-refractivity contribution in [2.45, 2.75) is 11.8 Å². The lowest BCUT2D eigenvalue weighted by Gasteiger charge is -2.07. The van der Waals surface area contributed by atoms with Gasteiger partial charge in [0.1, 0.15) is 6.07 Å². The monoisotopic (exact) mass is 235 g/mol. The summed E-state index contributed by atoms with van der Waals surface area (Å²) in [6.07, 6.45) is 0.507. The Bertz CT molecular complexity index is 477. The fourth-order valence-electron chi connectivity index (χ4n) is 1.26. The Morgan fingerprint density at radius 3 is 2.81 bits per heavy atom. The highest BCUT2D eigenvalue weighted by atomic mass is 32.1. The van der Waals surface area contributed by atoms with E-state index in [9.17, 15) is 9.59 Å². The Morgan fingerprint density at radius 2 is 2.31 bits per heavy atom. The van der Waals surface area contributed by atoms with E-state index in [0.717, 1.165) is 0 Å². The number of nitriles is 1. The molecule has 0 spiro atoms. The highest BCUT2D eigenvalue weighted by Crippen LogP contribution is 2.19. The molecule has 0 aliphatic heterocycles. The molecule has 1 aromatic rings. The summed E-state index contributed by atoms with van der Waals surface area (Å²) in [6.45, 7) is 1.84. The van der Waals surface area contributed by atoms with Crippen molar-refractivity contribution in [1.29, 1.82) is 5.26 Å². The van der Waals surface area contributed by atoms with Gasteiger partial charge in [-0.1, -0.05) is 0 Å². The number of benzene rings is 1. The highest BCUT2D eigenvalue weighted by molar-refractivity contribution is 7.80. The summed E-state index contributed by atoms with van der Waals surface area (Å²) in [5.41, 5.74) is 0.202. The Hall–Kier alpha value is -1.80. The predicted octanol–water partition coefficient (Wildman–Crippen LogP) is 1.84. The van der Waals surface area contributed by atoms with Gasteiger partial charge in [-0.2, -0.15) is 5.26 Å².